The fourth-order valence-corrected chi connectivity index (χ4v) is 1.68. The number of nitrogens with one attached hydrogen (secondary N) is 2. The molecule has 2 rings (SSSR count). The van der Waals surface area contributed by atoms with Gasteiger partial charge in [0.25, 0.3) is 0 Å². The third-order valence-corrected chi connectivity index (χ3v) is 2.70. The second-order valence-corrected chi connectivity index (χ2v) is 3.84. The molecule has 1 aromatic heterocycles. The Morgan fingerprint density at radius 3 is 2.69 bits per heavy atom. The highest BCUT2D eigenvalue weighted by Gasteiger charge is 2.03. The van der Waals surface area contributed by atoms with Gasteiger partial charge in [-0.05, 0) is 31.0 Å². The van der Waals surface area contributed by atoms with Crippen LogP contribution in [0, 0.1) is 6.92 Å². The Labute approximate surface area is 95.1 Å². The number of anilines is 2. The summed E-state index contributed by atoms with van der Waals surface area (Å²) in [5, 5.41) is 13.0. The molecule has 0 aliphatic rings. The molecule has 0 amide bonds. The van der Waals surface area contributed by atoms with Gasteiger partial charge in [-0.2, -0.15) is 0 Å². The largest absolute Gasteiger partial charge is 0.508 e. The maximum absolute atomic E-state index is 9.74. The van der Waals surface area contributed by atoms with Crippen molar-refractivity contribution in [1.82, 2.24) is 4.98 Å². The number of aromatic hydroxyl groups is 1. The molecule has 0 bridgehead atoms. The molecule has 0 unspecified atom stereocenters. The van der Waals surface area contributed by atoms with E-state index >= 15 is 0 Å². The van der Waals surface area contributed by atoms with Gasteiger partial charge in [-0.1, -0.05) is 13.0 Å². The molecule has 0 saturated heterocycles. The number of rotatable bonds is 3. The molecule has 1 aromatic carbocycles. The Hall–Kier alpha value is -1.90. The van der Waals surface area contributed by atoms with Gasteiger partial charge in [-0.15, -0.1) is 0 Å². The van der Waals surface area contributed by atoms with E-state index in [1.807, 2.05) is 38.2 Å². The molecule has 2 aromatic rings. The third kappa shape index (κ3) is 2.03. The zero-order valence-corrected chi connectivity index (χ0v) is 9.54. The average Bonchev–Trinajstić information content (AvgIpc) is 2.65. The van der Waals surface area contributed by atoms with Crippen LogP contribution in [0.2, 0.25) is 0 Å². The molecule has 3 heteroatoms. The van der Waals surface area contributed by atoms with Crippen LogP contribution in [0.25, 0.3) is 0 Å². The lowest BCUT2D eigenvalue weighted by Crippen LogP contribution is -1.91. The molecule has 3 N–H and O–H groups in total. The summed E-state index contributed by atoms with van der Waals surface area (Å²) in [5.41, 5.74) is 3.98. The lowest BCUT2D eigenvalue weighted by molar-refractivity contribution is 0.469. The number of aryl methyl sites for hydroxylation is 2. The molecule has 3 nitrogen and oxygen atoms in total. The van der Waals surface area contributed by atoms with Crippen LogP contribution >= 0.6 is 0 Å². The first kappa shape index (κ1) is 10.6. The number of aromatic nitrogens is 1. The quantitative estimate of drug-likeness (QED) is 0.737. The summed E-state index contributed by atoms with van der Waals surface area (Å²) in [4.78, 5) is 3.10. The van der Waals surface area contributed by atoms with Crippen molar-refractivity contribution in [3.05, 3.63) is 41.7 Å². The predicted molar refractivity (Wildman–Crippen MR) is 66.3 cm³/mol. The van der Waals surface area contributed by atoms with Gasteiger partial charge in [0.15, 0.2) is 0 Å². The number of hydrogen-bond acceptors (Lipinski definition) is 2. The molecule has 0 radical (unpaired) electrons. The maximum Gasteiger partial charge on any atom is 0.120 e. The minimum Gasteiger partial charge on any atom is -0.508 e. The first-order valence-electron chi connectivity index (χ1n) is 5.43. The van der Waals surface area contributed by atoms with E-state index in [1.165, 1.54) is 0 Å². The van der Waals surface area contributed by atoms with Crippen molar-refractivity contribution in [3.8, 4) is 5.75 Å². The molecule has 0 spiro atoms. The minimum absolute atomic E-state index is 0.348. The van der Waals surface area contributed by atoms with Gasteiger partial charge < -0.3 is 15.4 Å². The predicted octanol–water partition coefficient (Wildman–Crippen LogP) is 3.33. The van der Waals surface area contributed by atoms with Gasteiger partial charge in [-0.3, -0.25) is 0 Å². The van der Waals surface area contributed by atoms with E-state index in [1.54, 1.807) is 6.07 Å². The first-order valence-corrected chi connectivity index (χ1v) is 5.43. The highest BCUT2D eigenvalue weighted by Crippen LogP contribution is 2.25. The number of phenols is 1. The number of hydrogen-bond donors (Lipinski definition) is 3. The van der Waals surface area contributed by atoms with Gasteiger partial charge in [0.05, 0.1) is 5.69 Å². The molecule has 0 aliphatic heterocycles. The molecule has 0 saturated carbocycles. The van der Waals surface area contributed by atoms with E-state index in [0.717, 1.165) is 29.1 Å². The van der Waals surface area contributed by atoms with Crippen molar-refractivity contribution in [2.75, 3.05) is 5.32 Å². The Morgan fingerprint density at radius 2 is 2.12 bits per heavy atom. The van der Waals surface area contributed by atoms with Crippen LogP contribution in [0.1, 0.15) is 18.2 Å². The van der Waals surface area contributed by atoms with E-state index in [4.69, 9.17) is 0 Å². The smallest absolute Gasteiger partial charge is 0.120 e. The zero-order valence-electron chi connectivity index (χ0n) is 9.54. The molecule has 1 heterocycles. The van der Waals surface area contributed by atoms with Crippen molar-refractivity contribution in [1.29, 1.82) is 0 Å². The number of benzene rings is 1. The Balaban J connectivity index is 2.23. The van der Waals surface area contributed by atoms with Gasteiger partial charge >= 0.3 is 0 Å². The van der Waals surface area contributed by atoms with Crippen LogP contribution < -0.4 is 5.32 Å². The van der Waals surface area contributed by atoms with Crippen LogP contribution in [0.4, 0.5) is 11.4 Å². The standard InChI is InChI=1S/C13H16N2O/c1-3-10-4-5-11(8-13(10)16)15-12-6-7-14-9(12)2/h4-8,14-16H,3H2,1-2H3. The van der Waals surface area contributed by atoms with Crippen LogP contribution in [-0.2, 0) is 6.42 Å². The molecule has 16 heavy (non-hydrogen) atoms. The van der Waals surface area contributed by atoms with Crippen LogP contribution in [0.5, 0.6) is 5.75 Å². The minimum atomic E-state index is 0.348. The van der Waals surface area contributed by atoms with E-state index in [-0.39, 0.29) is 0 Å². The summed E-state index contributed by atoms with van der Waals surface area (Å²) >= 11 is 0. The molecule has 84 valence electrons. The molecular formula is C13H16N2O. The fraction of sp³-hybridized carbons (Fsp3) is 0.231. The number of phenolic OH excluding ortho intramolecular Hbond substituents is 1. The van der Waals surface area contributed by atoms with Crippen molar-refractivity contribution in [3.63, 3.8) is 0 Å². The highest BCUT2D eigenvalue weighted by atomic mass is 16.3. The molecule has 0 fully saturated rings. The normalized spacial score (nSPS) is 10.4. The van der Waals surface area contributed by atoms with Gasteiger partial charge in [-0.25, -0.2) is 0 Å². The van der Waals surface area contributed by atoms with Gasteiger partial charge in [0.2, 0.25) is 0 Å². The van der Waals surface area contributed by atoms with Gasteiger partial charge in [0, 0.05) is 23.6 Å². The fourth-order valence-electron chi connectivity index (χ4n) is 1.68. The number of H-pyrrole nitrogens is 1. The van der Waals surface area contributed by atoms with E-state index in [0.29, 0.717) is 5.75 Å². The van der Waals surface area contributed by atoms with E-state index in [9.17, 15) is 5.11 Å². The summed E-state index contributed by atoms with van der Waals surface area (Å²) in [6.45, 7) is 4.03. The molecule has 0 atom stereocenters. The van der Waals surface area contributed by atoms with E-state index < -0.39 is 0 Å². The second kappa shape index (κ2) is 4.31. The van der Waals surface area contributed by atoms with Crippen LogP contribution in [0.15, 0.2) is 30.5 Å². The lowest BCUT2D eigenvalue weighted by Gasteiger charge is -2.08. The summed E-state index contributed by atoms with van der Waals surface area (Å²) < 4.78 is 0. The average molecular weight is 216 g/mol. The highest BCUT2D eigenvalue weighted by molar-refractivity contribution is 5.63. The second-order valence-electron chi connectivity index (χ2n) is 3.84. The summed E-state index contributed by atoms with van der Waals surface area (Å²) in [5.74, 6) is 0.348. The zero-order chi connectivity index (χ0) is 11.5. The van der Waals surface area contributed by atoms with Crippen molar-refractivity contribution >= 4 is 11.4 Å². The van der Waals surface area contributed by atoms with Crippen LogP contribution in [-0.4, -0.2) is 10.1 Å². The SMILES string of the molecule is CCc1ccc(Nc2cc[nH]c2C)cc1O. The monoisotopic (exact) mass is 216 g/mol. The van der Waals surface area contributed by atoms with Crippen molar-refractivity contribution < 1.29 is 5.11 Å². The summed E-state index contributed by atoms with van der Waals surface area (Å²) in [6.07, 6.45) is 2.73. The van der Waals surface area contributed by atoms with E-state index in [2.05, 4.69) is 10.3 Å². The summed E-state index contributed by atoms with van der Waals surface area (Å²) in [7, 11) is 0. The molecular weight excluding hydrogens is 200 g/mol. The Bertz CT molecular complexity index is 488. The Kier molecular flexibility index (Phi) is 2.86. The molecule has 0 aliphatic carbocycles. The van der Waals surface area contributed by atoms with Gasteiger partial charge in [0.1, 0.15) is 5.75 Å². The lowest BCUT2D eigenvalue weighted by atomic mass is 10.1. The van der Waals surface area contributed by atoms with Crippen LogP contribution in [0.3, 0.4) is 0 Å². The maximum atomic E-state index is 9.74. The van der Waals surface area contributed by atoms with Crippen molar-refractivity contribution in [2.24, 2.45) is 0 Å². The first-order chi connectivity index (χ1) is 7.70. The topological polar surface area (TPSA) is 48.0 Å². The third-order valence-electron chi connectivity index (χ3n) is 2.70. The summed E-state index contributed by atoms with van der Waals surface area (Å²) in [6, 6.07) is 7.65. The number of aromatic amines is 1. The Morgan fingerprint density at radius 1 is 1.31 bits per heavy atom. The van der Waals surface area contributed by atoms with Crippen molar-refractivity contribution in [2.45, 2.75) is 20.3 Å².